The van der Waals surface area contributed by atoms with E-state index < -0.39 is 0 Å². The third-order valence-electron chi connectivity index (χ3n) is 4.95. The van der Waals surface area contributed by atoms with Crippen molar-refractivity contribution in [3.05, 3.63) is 57.5 Å². The molecule has 0 fully saturated rings. The Labute approximate surface area is 145 Å². The molecule has 0 aliphatic carbocycles. The van der Waals surface area contributed by atoms with Crippen molar-refractivity contribution in [1.29, 1.82) is 0 Å². The van der Waals surface area contributed by atoms with Gasteiger partial charge >= 0.3 is 0 Å². The first kappa shape index (κ1) is 15.5. The molecule has 4 rings (SSSR count). The van der Waals surface area contributed by atoms with E-state index >= 15 is 0 Å². The number of benzene rings is 1. The number of aryl methyl sites for hydroxylation is 1. The Morgan fingerprint density at radius 2 is 2.25 bits per heavy atom. The Morgan fingerprint density at radius 3 is 3.08 bits per heavy atom. The average molecular weight is 339 g/mol. The fourth-order valence-corrected chi connectivity index (χ4v) is 4.66. The number of carbonyl (C=O) groups is 1. The molecule has 1 unspecified atom stereocenters. The van der Waals surface area contributed by atoms with Gasteiger partial charge in [-0.05, 0) is 48.4 Å². The zero-order valence-corrected chi connectivity index (χ0v) is 14.9. The van der Waals surface area contributed by atoms with Gasteiger partial charge in [-0.3, -0.25) is 4.79 Å². The monoisotopic (exact) mass is 339 g/mol. The normalized spacial score (nSPS) is 17.2. The maximum absolute atomic E-state index is 13.0. The van der Waals surface area contributed by atoms with Gasteiger partial charge in [0.2, 0.25) is 5.91 Å². The van der Waals surface area contributed by atoms with Crippen LogP contribution in [0.25, 0.3) is 11.0 Å². The van der Waals surface area contributed by atoms with Crippen LogP contribution in [-0.2, 0) is 17.6 Å². The molecule has 124 valence electrons. The number of nitrogens with zero attached hydrogens (tertiary/aromatic N) is 1. The zero-order chi connectivity index (χ0) is 16.7. The van der Waals surface area contributed by atoms with E-state index in [1.807, 2.05) is 24.3 Å². The van der Waals surface area contributed by atoms with Gasteiger partial charge in [-0.1, -0.05) is 19.1 Å². The minimum atomic E-state index is 0.196. The van der Waals surface area contributed by atoms with Crippen LogP contribution < -0.4 is 0 Å². The summed E-state index contributed by atoms with van der Waals surface area (Å²) < 4.78 is 5.65. The second-order valence-electron chi connectivity index (χ2n) is 6.50. The van der Waals surface area contributed by atoms with Crippen molar-refractivity contribution in [2.75, 3.05) is 6.54 Å². The lowest BCUT2D eigenvalue weighted by molar-refractivity contribution is -0.133. The summed E-state index contributed by atoms with van der Waals surface area (Å²) in [6.45, 7) is 5.03. The molecular formula is C20H21NO2S. The highest BCUT2D eigenvalue weighted by Gasteiger charge is 2.30. The molecule has 3 nitrogen and oxygen atoms in total. The first-order chi connectivity index (χ1) is 11.7. The molecule has 0 bridgehead atoms. The second-order valence-corrected chi connectivity index (χ2v) is 7.50. The Morgan fingerprint density at radius 1 is 1.38 bits per heavy atom. The SMILES string of the molecule is CCC1c2ccsc2CCN1C(=O)Cc1coc2cc(C)ccc12. The van der Waals surface area contributed by atoms with E-state index in [9.17, 15) is 4.79 Å². The van der Waals surface area contributed by atoms with E-state index in [0.717, 1.165) is 35.9 Å². The standard InChI is InChI=1S/C20H21NO2S/c1-3-17-16-7-9-24-19(16)6-8-21(17)20(22)11-14-12-23-18-10-13(2)4-5-15(14)18/h4-5,7,9-10,12,17H,3,6,8,11H2,1-2H3. The van der Waals surface area contributed by atoms with E-state index in [1.54, 1.807) is 6.26 Å². The molecule has 1 aliphatic rings. The maximum Gasteiger partial charge on any atom is 0.227 e. The summed E-state index contributed by atoms with van der Waals surface area (Å²) in [5, 5.41) is 3.20. The van der Waals surface area contributed by atoms with Crippen LogP contribution in [0.15, 0.2) is 40.3 Å². The molecule has 1 atom stereocenters. The smallest absolute Gasteiger partial charge is 0.227 e. The fraction of sp³-hybridized carbons (Fsp3) is 0.350. The van der Waals surface area contributed by atoms with E-state index in [0.29, 0.717) is 6.42 Å². The van der Waals surface area contributed by atoms with Crippen molar-refractivity contribution in [2.24, 2.45) is 0 Å². The number of carbonyl (C=O) groups excluding carboxylic acids is 1. The molecule has 0 N–H and O–H groups in total. The lowest BCUT2D eigenvalue weighted by atomic mass is 9.97. The summed E-state index contributed by atoms with van der Waals surface area (Å²) in [5.41, 5.74) is 4.36. The summed E-state index contributed by atoms with van der Waals surface area (Å²) in [6.07, 6.45) is 4.08. The number of thiophene rings is 1. The summed E-state index contributed by atoms with van der Waals surface area (Å²) in [6, 6.07) is 8.55. The zero-order valence-electron chi connectivity index (χ0n) is 14.0. The minimum Gasteiger partial charge on any atom is -0.464 e. The first-order valence-corrected chi connectivity index (χ1v) is 9.37. The lowest BCUT2D eigenvalue weighted by Gasteiger charge is -2.35. The summed E-state index contributed by atoms with van der Waals surface area (Å²) in [7, 11) is 0. The number of rotatable bonds is 3. The van der Waals surface area contributed by atoms with Crippen LogP contribution in [0.2, 0.25) is 0 Å². The van der Waals surface area contributed by atoms with Gasteiger partial charge in [0, 0.05) is 22.4 Å². The maximum atomic E-state index is 13.0. The molecule has 1 aliphatic heterocycles. The molecule has 0 saturated heterocycles. The Bertz CT molecular complexity index is 892. The Kier molecular flexibility index (Phi) is 3.93. The van der Waals surface area contributed by atoms with Gasteiger partial charge in [0.05, 0.1) is 18.7 Å². The van der Waals surface area contributed by atoms with Crippen molar-refractivity contribution >= 4 is 28.2 Å². The number of fused-ring (bicyclic) bond motifs is 2. The summed E-state index contributed by atoms with van der Waals surface area (Å²) >= 11 is 1.81. The molecule has 3 heterocycles. The van der Waals surface area contributed by atoms with Crippen LogP contribution in [0.1, 0.15) is 41.0 Å². The lowest BCUT2D eigenvalue weighted by Crippen LogP contribution is -2.40. The quantitative estimate of drug-likeness (QED) is 0.681. The largest absolute Gasteiger partial charge is 0.464 e. The van der Waals surface area contributed by atoms with Crippen molar-refractivity contribution in [2.45, 2.75) is 39.2 Å². The highest BCUT2D eigenvalue weighted by Crippen LogP contribution is 2.35. The number of hydrogen-bond donors (Lipinski definition) is 0. The Balaban J connectivity index is 1.59. The fourth-order valence-electron chi connectivity index (χ4n) is 3.73. The predicted molar refractivity (Wildman–Crippen MR) is 97.4 cm³/mol. The van der Waals surface area contributed by atoms with Crippen LogP contribution in [0.4, 0.5) is 0 Å². The summed E-state index contributed by atoms with van der Waals surface area (Å²) in [4.78, 5) is 16.5. The molecule has 24 heavy (non-hydrogen) atoms. The van der Waals surface area contributed by atoms with Gasteiger partial charge in [-0.15, -0.1) is 11.3 Å². The van der Waals surface area contributed by atoms with Gasteiger partial charge in [0.25, 0.3) is 0 Å². The minimum absolute atomic E-state index is 0.196. The van der Waals surface area contributed by atoms with E-state index in [-0.39, 0.29) is 11.9 Å². The molecule has 3 aromatic rings. The molecule has 2 aromatic heterocycles. The molecule has 1 amide bonds. The molecule has 0 spiro atoms. The number of amides is 1. The molecule has 0 saturated carbocycles. The van der Waals surface area contributed by atoms with Crippen LogP contribution in [0.5, 0.6) is 0 Å². The van der Waals surface area contributed by atoms with Gasteiger partial charge in [0.1, 0.15) is 5.58 Å². The van der Waals surface area contributed by atoms with E-state index in [4.69, 9.17) is 4.42 Å². The highest BCUT2D eigenvalue weighted by molar-refractivity contribution is 7.10. The van der Waals surface area contributed by atoms with Crippen molar-refractivity contribution in [3.63, 3.8) is 0 Å². The molecular weight excluding hydrogens is 318 g/mol. The van der Waals surface area contributed by atoms with Gasteiger partial charge in [-0.25, -0.2) is 0 Å². The first-order valence-electron chi connectivity index (χ1n) is 8.50. The Hall–Kier alpha value is -2.07. The topological polar surface area (TPSA) is 33.5 Å². The van der Waals surface area contributed by atoms with Crippen LogP contribution in [-0.4, -0.2) is 17.4 Å². The van der Waals surface area contributed by atoms with Crippen LogP contribution >= 0.6 is 11.3 Å². The molecule has 1 aromatic carbocycles. The highest BCUT2D eigenvalue weighted by atomic mass is 32.1. The van der Waals surface area contributed by atoms with Crippen LogP contribution in [0, 0.1) is 6.92 Å². The predicted octanol–water partition coefficient (Wildman–Crippen LogP) is 4.88. The second kappa shape index (κ2) is 6.10. The molecule has 4 heteroatoms. The van der Waals surface area contributed by atoms with Crippen molar-refractivity contribution in [3.8, 4) is 0 Å². The third kappa shape index (κ3) is 2.55. The van der Waals surface area contributed by atoms with Gasteiger partial charge < -0.3 is 9.32 Å². The van der Waals surface area contributed by atoms with Crippen molar-refractivity contribution in [1.82, 2.24) is 4.90 Å². The third-order valence-corrected chi connectivity index (χ3v) is 5.95. The average Bonchev–Trinajstić information content (AvgIpc) is 3.20. The van der Waals surface area contributed by atoms with Crippen LogP contribution in [0.3, 0.4) is 0 Å². The molecule has 0 radical (unpaired) electrons. The van der Waals surface area contributed by atoms with E-state index in [2.05, 4.69) is 35.4 Å². The summed E-state index contributed by atoms with van der Waals surface area (Å²) in [5.74, 6) is 0.196. The number of hydrogen-bond acceptors (Lipinski definition) is 3. The van der Waals surface area contributed by atoms with E-state index in [1.165, 1.54) is 16.0 Å². The van der Waals surface area contributed by atoms with Crippen molar-refractivity contribution < 1.29 is 9.21 Å². The van der Waals surface area contributed by atoms with Gasteiger partial charge in [0.15, 0.2) is 0 Å². The van der Waals surface area contributed by atoms with Gasteiger partial charge in [-0.2, -0.15) is 0 Å². The number of furan rings is 1.